The van der Waals surface area contributed by atoms with Crippen molar-refractivity contribution in [1.29, 1.82) is 0 Å². The Bertz CT molecular complexity index is 614. The van der Waals surface area contributed by atoms with Crippen molar-refractivity contribution >= 4 is 11.6 Å². The maximum Gasteiger partial charge on any atom is 0.251 e. The molecule has 19 heavy (non-hydrogen) atoms. The van der Waals surface area contributed by atoms with Gasteiger partial charge in [0.1, 0.15) is 0 Å². The van der Waals surface area contributed by atoms with E-state index in [0.717, 1.165) is 12.1 Å². The lowest BCUT2D eigenvalue weighted by atomic mass is 10.1. The highest BCUT2D eigenvalue weighted by atomic mass is 19.2. The summed E-state index contributed by atoms with van der Waals surface area (Å²) in [5.41, 5.74) is 6.96. The summed E-state index contributed by atoms with van der Waals surface area (Å²) in [5.74, 6) is -2.17. The number of nitrogen functional groups attached to an aromatic ring is 1. The van der Waals surface area contributed by atoms with Crippen molar-refractivity contribution in [2.75, 3.05) is 5.73 Å². The third kappa shape index (κ3) is 3.28. The fourth-order valence-corrected chi connectivity index (χ4v) is 1.61. The summed E-state index contributed by atoms with van der Waals surface area (Å²) in [4.78, 5) is 11.8. The number of benzene rings is 2. The van der Waals surface area contributed by atoms with Crippen LogP contribution >= 0.6 is 0 Å². The zero-order valence-corrected chi connectivity index (χ0v) is 9.99. The monoisotopic (exact) mass is 262 g/mol. The Labute approximate surface area is 109 Å². The van der Waals surface area contributed by atoms with E-state index in [1.54, 1.807) is 24.3 Å². The van der Waals surface area contributed by atoms with E-state index >= 15 is 0 Å². The predicted octanol–water partition coefficient (Wildman–Crippen LogP) is 2.48. The Kier molecular flexibility index (Phi) is 3.75. The number of nitrogens with two attached hydrogens (primary N) is 1. The smallest absolute Gasteiger partial charge is 0.251 e. The van der Waals surface area contributed by atoms with Gasteiger partial charge in [-0.05, 0) is 35.9 Å². The third-order valence-corrected chi connectivity index (χ3v) is 2.59. The molecule has 0 unspecified atom stereocenters. The van der Waals surface area contributed by atoms with Crippen LogP contribution in [-0.2, 0) is 6.54 Å². The van der Waals surface area contributed by atoms with Gasteiger partial charge in [-0.3, -0.25) is 4.79 Å². The molecule has 0 aliphatic rings. The van der Waals surface area contributed by atoms with E-state index in [9.17, 15) is 13.6 Å². The number of carbonyl (C=O) groups excluding carboxylic acids is 1. The number of carbonyl (C=O) groups is 1. The van der Waals surface area contributed by atoms with Gasteiger partial charge in [-0.2, -0.15) is 0 Å². The Morgan fingerprint density at radius 2 is 1.89 bits per heavy atom. The van der Waals surface area contributed by atoms with Crippen molar-refractivity contribution in [3.05, 3.63) is 65.2 Å². The van der Waals surface area contributed by atoms with Crippen LogP contribution in [0.5, 0.6) is 0 Å². The average Bonchev–Trinajstić information content (AvgIpc) is 2.40. The summed E-state index contributed by atoms with van der Waals surface area (Å²) in [5, 5.41) is 2.61. The van der Waals surface area contributed by atoms with Gasteiger partial charge in [0.25, 0.3) is 5.91 Å². The lowest BCUT2D eigenvalue weighted by Crippen LogP contribution is -2.22. The van der Waals surface area contributed by atoms with Crippen molar-refractivity contribution < 1.29 is 13.6 Å². The molecule has 0 aromatic heterocycles. The molecule has 0 bridgehead atoms. The summed E-state index contributed by atoms with van der Waals surface area (Å²) in [6.07, 6.45) is 0. The van der Waals surface area contributed by atoms with Gasteiger partial charge in [-0.1, -0.05) is 12.1 Å². The molecule has 0 radical (unpaired) electrons. The van der Waals surface area contributed by atoms with Crippen molar-refractivity contribution in [1.82, 2.24) is 5.32 Å². The first-order valence-corrected chi connectivity index (χ1v) is 5.64. The average molecular weight is 262 g/mol. The fraction of sp³-hybridized carbons (Fsp3) is 0.0714. The van der Waals surface area contributed by atoms with Gasteiger partial charge in [0.05, 0.1) is 0 Å². The standard InChI is InChI=1S/C14H12F2N2O/c15-12-5-4-9(6-13(12)16)8-18-14(19)10-2-1-3-11(17)7-10/h1-7H,8,17H2,(H,18,19). The Balaban J connectivity index is 2.02. The van der Waals surface area contributed by atoms with Crippen molar-refractivity contribution in [2.45, 2.75) is 6.54 Å². The summed E-state index contributed by atoms with van der Waals surface area (Å²) in [6.45, 7) is 0.116. The van der Waals surface area contributed by atoms with E-state index in [1.165, 1.54) is 6.07 Å². The topological polar surface area (TPSA) is 55.1 Å². The maximum atomic E-state index is 13.0. The third-order valence-electron chi connectivity index (χ3n) is 2.59. The molecule has 0 spiro atoms. The highest BCUT2D eigenvalue weighted by Crippen LogP contribution is 2.09. The number of nitrogens with one attached hydrogen (secondary N) is 1. The quantitative estimate of drug-likeness (QED) is 0.835. The molecule has 5 heteroatoms. The van der Waals surface area contributed by atoms with Gasteiger partial charge in [-0.25, -0.2) is 8.78 Å². The van der Waals surface area contributed by atoms with E-state index < -0.39 is 11.6 Å². The van der Waals surface area contributed by atoms with Gasteiger partial charge < -0.3 is 11.1 Å². The van der Waals surface area contributed by atoms with Crippen molar-refractivity contribution in [2.24, 2.45) is 0 Å². The van der Waals surface area contributed by atoms with E-state index in [4.69, 9.17) is 5.73 Å². The van der Waals surface area contributed by atoms with Crippen molar-refractivity contribution in [3.63, 3.8) is 0 Å². The Hall–Kier alpha value is -2.43. The highest BCUT2D eigenvalue weighted by Gasteiger charge is 2.07. The number of anilines is 1. The van der Waals surface area contributed by atoms with Crippen LogP contribution in [0.1, 0.15) is 15.9 Å². The zero-order chi connectivity index (χ0) is 13.8. The lowest BCUT2D eigenvalue weighted by Gasteiger charge is -2.06. The molecule has 0 saturated carbocycles. The second-order valence-electron chi connectivity index (χ2n) is 4.06. The SMILES string of the molecule is Nc1cccc(C(=O)NCc2ccc(F)c(F)c2)c1. The minimum absolute atomic E-state index is 0.116. The summed E-state index contributed by atoms with van der Waals surface area (Å²) < 4.78 is 25.7. The maximum absolute atomic E-state index is 13.0. The van der Waals surface area contributed by atoms with Gasteiger partial charge in [-0.15, -0.1) is 0 Å². The normalized spacial score (nSPS) is 10.2. The molecule has 3 nitrogen and oxygen atoms in total. The van der Waals surface area contributed by atoms with E-state index in [-0.39, 0.29) is 12.5 Å². The molecule has 2 rings (SSSR count). The molecule has 0 saturated heterocycles. The molecular weight excluding hydrogens is 250 g/mol. The molecule has 0 fully saturated rings. The predicted molar refractivity (Wildman–Crippen MR) is 68.4 cm³/mol. The molecule has 0 aliphatic heterocycles. The number of hydrogen-bond acceptors (Lipinski definition) is 2. The zero-order valence-electron chi connectivity index (χ0n) is 9.99. The molecule has 2 aromatic rings. The van der Waals surface area contributed by atoms with E-state index in [1.807, 2.05) is 0 Å². The van der Waals surface area contributed by atoms with Gasteiger partial charge in [0.15, 0.2) is 11.6 Å². The minimum Gasteiger partial charge on any atom is -0.399 e. The first-order chi connectivity index (χ1) is 9.06. The van der Waals surface area contributed by atoms with Crippen LogP contribution in [0.3, 0.4) is 0 Å². The number of hydrogen-bond donors (Lipinski definition) is 2. The fourth-order valence-electron chi connectivity index (χ4n) is 1.61. The summed E-state index contributed by atoms with van der Waals surface area (Å²) in [7, 11) is 0. The Morgan fingerprint density at radius 3 is 2.58 bits per heavy atom. The van der Waals surface area contributed by atoms with Gasteiger partial charge >= 0.3 is 0 Å². The van der Waals surface area contributed by atoms with E-state index in [0.29, 0.717) is 16.8 Å². The second-order valence-corrected chi connectivity index (χ2v) is 4.06. The van der Waals surface area contributed by atoms with Crippen LogP contribution in [0.4, 0.5) is 14.5 Å². The van der Waals surface area contributed by atoms with Crippen LogP contribution in [0.2, 0.25) is 0 Å². The van der Waals surface area contributed by atoms with E-state index in [2.05, 4.69) is 5.32 Å². The molecular formula is C14H12F2N2O. The number of amides is 1. The largest absolute Gasteiger partial charge is 0.399 e. The molecule has 0 atom stereocenters. The first-order valence-electron chi connectivity index (χ1n) is 5.64. The number of rotatable bonds is 3. The lowest BCUT2D eigenvalue weighted by molar-refractivity contribution is 0.0951. The van der Waals surface area contributed by atoms with Gasteiger partial charge in [0.2, 0.25) is 0 Å². The highest BCUT2D eigenvalue weighted by molar-refractivity contribution is 5.94. The molecule has 98 valence electrons. The van der Waals surface area contributed by atoms with Crippen molar-refractivity contribution in [3.8, 4) is 0 Å². The molecule has 0 heterocycles. The molecule has 0 aliphatic carbocycles. The molecule has 3 N–H and O–H groups in total. The summed E-state index contributed by atoms with van der Waals surface area (Å²) in [6, 6.07) is 10.00. The minimum atomic E-state index is -0.935. The van der Waals surface area contributed by atoms with Crippen LogP contribution in [0.25, 0.3) is 0 Å². The van der Waals surface area contributed by atoms with Crippen LogP contribution in [0, 0.1) is 11.6 Å². The number of halogens is 2. The summed E-state index contributed by atoms with van der Waals surface area (Å²) >= 11 is 0. The molecule has 1 amide bonds. The van der Waals surface area contributed by atoms with Crippen LogP contribution < -0.4 is 11.1 Å². The Morgan fingerprint density at radius 1 is 1.11 bits per heavy atom. The first kappa shape index (κ1) is 13.0. The van der Waals surface area contributed by atoms with Gasteiger partial charge in [0, 0.05) is 17.8 Å². The second kappa shape index (κ2) is 5.48. The molecule has 2 aromatic carbocycles. The van der Waals surface area contributed by atoms with Crippen LogP contribution in [0.15, 0.2) is 42.5 Å². The van der Waals surface area contributed by atoms with Crippen LogP contribution in [-0.4, -0.2) is 5.91 Å².